The second kappa shape index (κ2) is 7.82. The normalized spacial score (nSPS) is 16.8. The van der Waals surface area contributed by atoms with E-state index in [4.69, 9.17) is 4.74 Å². The van der Waals surface area contributed by atoms with Gasteiger partial charge in [0.15, 0.2) is 0 Å². The van der Waals surface area contributed by atoms with Crippen LogP contribution in [0.3, 0.4) is 0 Å². The van der Waals surface area contributed by atoms with E-state index in [1.54, 1.807) is 10.3 Å². The molecular formula is C20H16F3N3O2S. The first-order valence-corrected chi connectivity index (χ1v) is 9.78. The SMILES string of the molecule is O=C(c1csc(-c2ccccc2)n1)N1CCC(Oc2cc(C(F)(F)F)ccn2)C1. The van der Waals surface area contributed by atoms with Crippen molar-refractivity contribution < 1.29 is 22.7 Å². The van der Waals surface area contributed by atoms with Gasteiger partial charge in [0.1, 0.15) is 16.8 Å². The fourth-order valence-electron chi connectivity index (χ4n) is 3.08. The Balaban J connectivity index is 1.40. The lowest BCUT2D eigenvalue weighted by Crippen LogP contribution is -2.31. The van der Waals surface area contributed by atoms with Crippen molar-refractivity contribution in [3.63, 3.8) is 0 Å². The monoisotopic (exact) mass is 419 g/mol. The van der Waals surface area contributed by atoms with Crippen LogP contribution < -0.4 is 4.74 Å². The maximum atomic E-state index is 12.8. The molecule has 1 fully saturated rings. The lowest BCUT2D eigenvalue weighted by molar-refractivity contribution is -0.137. The maximum absolute atomic E-state index is 12.8. The number of nitrogens with zero attached hydrogens (tertiary/aromatic N) is 3. The van der Waals surface area contributed by atoms with Crippen LogP contribution in [0, 0.1) is 0 Å². The smallest absolute Gasteiger partial charge is 0.416 e. The third kappa shape index (κ3) is 4.40. The van der Waals surface area contributed by atoms with Gasteiger partial charge in [0.2, 0.25) is 5.88 Å². The predicted molar refractivity (Wildman–Crippen MR) is 102 cm³/mol. The lowest BCUT2D eigenvalue weighted by Gasteiger charge is -2.16. The molecule has 1 aromatic carbocycles. The Hall–Kier alpha value is -2.94. The second-order valence-electron chi connectivity index (χ2n) is 6.56. The molecule has 3 heterocycles. The summed E-state index contributed by atoms with van der Waals surface area (Å²) < 4.78 is 44.0. The molecular weight excluding hydrogens is 403 g/mol. The number of amides is 1. The van der Waals surface area contributed by atoms with Crippen LogP contribution in [0.25, 0.3) is 10.6 Å². The number of aromatic nitrogens is 2. The Morgan fingerprint density at radius 1 is 1.21 bits per heavy atom. The summed E-state index contributed by atoms with van der Waals surface area (Å²) in [5.74, 6) is -0.314. The van der Waals surface area contributed by atoms with Gasteiger partial charge in [-0.15, -0.1) is 11.3 Å². The molecule has 1 aliphatic heterocycles. The van der Waals surface area contributed by atoms with Gasteiger partial charge in [-0.1, -0.05) is 30.3 Å². The molecule has 1 saturated heterocycles. The van der Waals surface area contributed by atoms with Crippen molar-refractivity contribution in [3.8, 4) is 16.5 Å². The molecule has 5 nitrogen and oxygen atoms in total. The predicted octanol–water partition coefficient (Wildman–Crippen LogP) is 4.52. The van der Waals surface area contributed by atoms with Gasteiger partial charge < -0.3 is 9.64 Å². The lowest BCUT2D eigenvalue weighted by atomic mass is 10.2. The van der Waals surface area contributed by atoms with E-state index in [-0.39, 0.29) is 18.3 Å². The van der Waals surface area contributed by atoms with Gasteiger partial charge in [-0.25, -0.2) is 9.97 Å². The average Bonchev–Trinajstić information content (AvgIpc) is 3.38. The Morgan fingerprint density at radius 2 is 2.00 bits per heavy atom. The number of rotatable bonds is 4. The summed E-state index contributed by atoms with van der Waals surface area (Å²) in [4.78, 5) is 22.6. The van der Waals surface area contributed by atoms with Gasteiger partial charge >= 0.3 is 6.18 Å². The van der Waals surface area contributed by atoms with Crippen LogP contribution >= 0.6 is 11.3 Å². The fraction of sp³-hybridized carbons (Fsp3) is 0.250. The van der Waals surface area contributed by atoms with Crippen molar-refractivity contribution in [3.05, 3.63) is 65.3 Å². The van der Waals surface area contributed by atoms with E-state index in [1.807, 2.05) is 30.3 Å². The summed E-state index contributed by atoms with van der Waals surface area (Å²) >= 11 is 1.39. The molecule has 0 N–H and O–H groups in total. The Bertz CT molecular complexity index is 1010. The van der Waals surface area contributed by atoms with E-state index in [9.17, 15) is 18.0 Å². The summed E-state index contributed by atoms with van der Waals surface area (Å²) in [7, 11) is 0. The Labute approximate surface area is 168 Å². The summed E-state index contributed by atoms with van der Waals surface area (Å²) in [5.41, 5.74) is 0.478. The molecule has 0 radical (unpaired) electrons. The van der Waals surface area contributed by atoms with Crippen LogP contribution in [-0.4, -0.2) is 40.0 Å². The summed E-state index contributed by atoms with van der Waals surface area (Å²) in [6.07, 6.45) is -3.29. The van der Waals surface area contributed by atoms with Crippen molar-refractivity contribution in [2.24, 2.45) is 0 Å². The molecule has 0 spiro atoms. The van der Waals surface area contributed by atoms with Gasteiger partial charge in [0, 0.05) is 36.2 Å². The van der Waals surface area contributed by atoms with Gasteiger partial charge in [-0.3, -0.25) is 4.79 Å². The minimum Gasteiger partial charge on any atom is -0.472 e. The van der Waals surface area contributed by atoms with Crippen molar-refractivity contribution >= 4 is 17.2 Å². The van der Waals surface area contributed by atoms with Crippen molar-refractivity contribution in [1.82, 2.24) is 14.9 Å². The molecule has 0 bridgehead atoms. The zero-order valence-electron chi connectivity index (χ0n) is 15.1. The van der Waals surface area contributed by atoms with Gasteiger partial charge in [0.25, 0.3) is 5.91 Å². The quantitative estimate of drug-likeness (QED) is 0.624. The van der Waals surface area contributed by atoms with E-state index in [0.717, 1.165) is 28.9 Å². The summed E-state index contributed by atoms with van der Waals surface area (Å²) in [6, 6.07) is 11.3. The summed E-state index contributed by atoms with van der Waals surface area (Å²) in [6.45, 7) is 0.718. The highest BCUT2D eigenvalue weighted by molar-refractivity contribution is 7.13. The van der Waals surface area contributed by atoms with Gasteiger partial charge in [-0.2, -0.15) is 13.2 Å². The first-order chi connectivity index (χ1) is 13.9. The average molecular weight is 419 g/mol. The zero-order chi connectivity index (χ0) is 20.4. The molecule has 29 heavy (non-hydrogen) atoms. The zero-order valence-corrected chi connectivity index (χ0v) is 15.9. The number of carbonyl (C=O) groups is 1. The highest BCUT2D eigenvalue weighted by atomic mass is 32.1. The number of benzene rings is 1. The molecule has 2 aromatic heterocycles. The topological polar surface area (TPSA) is 55.3 Å². The van der Waals surface area contributed by atoms with E-state index in [1.165, 1.54) is 11.3 Å². The summed E-state index contributed by atoms with van der Waals surface area (Å²) in [5, 5.41) is 2.47. The van der Waals surface area contributed by atoms with E-state index in [0.29, 0.717) is 18.7 Å². The third-order valence-corrected chi connectivity index (χ3v) is 5.42. The molecule has 1 amide bonds. The van der Waals surface area contributed by atoms with Crippen LogP contribution in [0.5, 0.6) is 5.88 Å². The van der Waals surface area contributed by atoms with Crippen LogP contribution in [0.4, 0.5) is 13.2 Å². The maximum Gasteiger partial charge on any atom is 0.416 e. The van der Waals surface area contributed by atoms with Crippen LogP contribution in [0.2, 0.25) is 0 Å². The van der Waals surface area contributed by atoms with Crippen LogP contribution in [0.1, 0.15) is 22.5 Å². The molecule has 9 heteroatoms. The number of pyridine rings is 1. The first-order valence-electron chi connectivity index (χ1n) is 8.90. The Kier molecular flexibility index (Phi) is 5.23. The number of hydrogen-bond acceptors (Lipinski definition) is 5. The molecule has 0 saturated carbocycles. The van der Waals surface area contributed by atoms with E-state index >= 15 is 0 Å². The minimum absolute atomic E-state index is 0.0980. The van der Waals surface area contributed by atoms with Crippen LogP contribution in [0.15, 0.2) is 54.0 Å². The van der Waals surface area contributed by atoms with E-state index < -0.39 is 17.8 Å². The van der Waals surface area contributed by atoms with Crippen molar-refractivity contribution in [1.29, 1.82) is 0 Å². The third-order valence-electron chi connectivity index (χ3n) is 4.53. The second-order valence-corrected chi connectivity index (χ2v) is 7.42. The number of carbonyl (C=O) groups excluding carboxylic acids is 1. The van der Waals surface area contributed by atoms with Gasteiger partial charge in [0.05, 0.1) is 12.1 Å². The van der Waals surface area contributed by atoms with Crippen molar-refractivity contribution in [2.75, 3.05) is 13.1 Å². The number of hydrogen-bond donors (Lipinski definition) is 0. The molecule has 0 aliphatic carbocycles. The number of ether oxygens (including phenoxy) is 1. The first kappa shape index (κ1) is 19.4. The molecule has 1 atom stereocenters. The number of alkyl halides is 3. The minimum atomic E-state index is -4.46. The molecule has 1 unspecified atom stereocenters. The molecule has 4 rings (SSSR count). The molecule has 1 aliphatic rings. The number of halogens is 3. The largest absolute Gasteiger partial charge is 0.472 e. The fourth-order valence-corrected chi connectivity index (χ4v) is 3.88. The molecule has 150 valence electrons. The highest BCUT2D eigenvalue weighted by Gasteiger charge is 2.33. The van der Waals surface area contributed by atoms with E-state index in [2.05, 4.69) is 9.97 Å². The van der Waals surface area contributed by atoms with Gasteiger partial charge in [-0.05, 0) is 6.07 Å². The molecule has 3 aromatic rings. The highest BCUT2D eigenvalue weighted by Crippen LogP contribution is 2.31. The number of thiazole rings is 1. The van der Waals surface area contributed by atoms with Crippen molar-refractivity contribution in [2.45, 2.75) is 18.7 Å². The standard InChI is InChI=1S/C20H16F3N3O2S/c21-20(22,23)14-6-8-24-17(10-14)28-15-7-9-26(11-15)19(27)16-12-29-18(25-16)13-4-2-1-3-5-13/h1-6,8,10,12,15H,7,9,11H2. The van der Waals surface area contributed by atoms with Crippen LogP contribution in [-0.2, 0) is 6.18 Å². The number of likely N-dealkylation sites (tertiary alicyclic amines) is 1. The Morgan fingerprint density at radius 3 is 2.76 bits per heavy atom.